The molecule has 3 rings (SSSR count). The van der Waals surface area contributed by atoms with Gasteiger partial charge in [0.05, 0.1) is 39.6 Å². The van der Waals surface area contributed by atoms with E-state index >= 15 is 0 Å². The first-order valence-corrected chi connectivity index (χ1v) is 6.89. The van der Waals surface area contributed by atoms with Crippen molar-refractivity contribution in [2.24, 2.45) is 0 Å². The van der Waals surface area contributed by atoms with Crippen molar-refractivity contribution in [3.8, 4) is 23.7 Å². The van der Waals surface area contributed by atoms with Gasteiger partial charge in [-0.2, -0.15) is 0 Å². The molecule has 0 saturated heterocycles. The van der Waals surface area contributed by atoms with Crippen molar-refractivity contribution in [3.63, 3.8) is 0 Å². The zero-order chi connectivity index (χ0) is 14.5. The minimum absolute atomic E-state index is 0.532. The predicted octanol–water partition coefficient (Wildman–Crippen LogP) is 1.79. The molecule has 21 heavy (non-hydrogen) atoms. The number of hydrogen-bond acceptors (Lipinski definition) is 3. The Bertz CT molecular complexity index is 669. The molecule has 3 heteroatoms. The van der Waals surface area contributed by atoms with Gasteiger partial charge in [0.15, 0.2) is 0 Å². The Balaban J connectivity index is 1.80. The van der Waals surface area contributed by atoms with Crippen molar-refractivity contribution in [2.45, 2.75) is 0 Å². The highest BCUT2D eigenvalue weighted by molar-refractivity contribution is 5.52. The summed E-state index contributed by atoms with van der Waals surface area (Å²) < 4.78 is 16.1. The van der Waals surface area contributed by atoms with Crippen molar-refractivity contribution in [1.29, 1.82) is 0 Å². The molecule has 3 aliphatic rings. The third kappa shape index (κ3) is 3.35. The summed E-state index contributed by atoms with van der Waals surface area (Å²) in [7, 11) is 0. The topological polar surface area (TPSA) is 27.7 Å². The molecule has 0 bridgehead atoms. The fourth-order valence-corrected chi connectivity index (χ4v) is 2.17. The molecule has 0 fully saturated rings. The Morgan fingerprint density at radius 3 is 2.19 bits per heavy atom. The summed E-state index contributed by atoms with van der Waals surface area (Å²) in [6.45, 7) is 7.27. The van der Waals surface area contributed by atoms with Crippen LogP contribution in [0.15, 0.2) is 46.6 Å². The highest BCUT2D eigenvalue weighted by Gasteiger charge is 2.13. The van der Waals surface area contributed by atoms with Gasteiger partial charge in [0.2, 0.25) is 0 Å². The first kappa shape index (κ1) is 13.9. The standard InChI is InChI=1S/C18H16O3/c1-2-15-10-20-11-16(15)5-6-18-13-21-12-17(18)4-3-14-7-8-19-9-14/h2,7H,1,8-13H2. The van der Waals surface area contributed by atoms with Crippen LogP contribution in [0.2, 0.25) is 0 Å². The third-order valence-electron chi connectivity index (χ3n) is 3.44. The minimum atomic E-state index is 0.532. The first-order chi connectivity index (χ1) is 10.4. The zero-order valence-electron chi connectivity index (χ0n) is 11.8. The van der Waals surface area contributed by atoms with E-state index < -0.39 is 0 Å². The number of hydrogen-bond donors (Lipinski definition) is 0. The molecule has 3 heterocycles. The van der Waals surface area contributed by atoms with Crippen LogP contribution in [-0.4, -0.2) is 39.6 Å². The van der Waals surface area contributed by atoms with Gasteiger partial charge in [-0.1, -0.05) is 36.3 Å². The first-order valence-electron chi connectivity index (χ1n) is 6.89. The molecule has 0 N–H and O–H groups in total. The second-order valence-corrected chi connectivity index (χ2v) is 4.90. The maximum absolute atomic E-state index is 5.46. The Morgan fingerprint density at radius 1 is 0.810 bits per heavy atom. The van der Waals surface area contributed by atoms with Crippen LogP contribution in [-0.2, 0) is 14.2 Å². The summed E-state index contributed by atoms with van der Waals surface area (Å²) in [5.74, 6) is 12.6. The van der Waals surface area contributed by atoms with E-state index in [1.165, 1.54) is 0 Å². The second-order valence-electron chi connectivity index (χ2n) is 4.90. The summed E-state index contributed by atoms with van der Waals surface area (Å²) in [5.41, 5.74) is 5.04. The Morgan fingerprint density at radius 2 is 1.48 bits per heavy atom. The van der Waals surface area contributed by atoms with Crippen molar-refractivity contribution < 1.29 is 14.2 Å². The van der Waals surface area contributed by atoms with Gasteiger partial charge < -0.3 is 14.2 Å². The summed E-state index contributed by atoms with van der Waals surface area (Å²) >= 11 is 0. The van der Waals surface area contributed by atoms with E-state index in [0.717, 1.165) is 27.9 Å². The molecule has 0 spiro atoms. The summed E-state index contributed by atoms with van der Waals surface area (Å²) in [5, 5.41) is 0. The molecular weight excluding hydrogens is 264 g/mol. The van der Waals surface area contributed by atoms with Gasteiger partial charge in [0, 0.05) is 22.3 Å². The lowest BCUT2D eigenvalue weighted by Gasteiger charge is -1.91. The van der Waals surface area contributed by atoms with Gasteiger partial charge in [0.25, 0.3) is 0 Å². The van der Waals surface area contributed by atoms with Gasteiger partial charge in [-0.3, -0.25) is 0 Å². The average Bonchev–Trinajstić information content (AvgIpc) is 3.23. The Kier molecular flexibility index (Phi) is 4.38. The molecule has 0 amide bonds. The molecular formula is C18H16O3. The van der Waals surface area contributed by atoms with Crippen molar-refractivity contribution in [2.75, 3.05) is 39.6 Å². The maximum Gasteiger partial charge on any atom is 0.0810 e. The molecule has 0 aromatic carbocycles. The molecule has 0 radical (unpaired) electrons. The van der Waals surface area contributed by atoms with Crippen LogP contribution in [0.5, 0.6) is 0 Å². The molecule has 0 aliphatic carbocycles. The van der Waals surface area contributed by atoms with Crippen LogP contribution >= 0.6 is 0 Å². The van der Waals surface area contributed by atoms with E-state index in [1.807, 2.05) is 12.2 Å². The van der Waals surface area contributed by atoms with Crippen LogP contribution in [0.1, 0.15) is 0 Å². The third-order valence-corrected chi connectivity index (χ3v) is 3.44. The van der Waals surface area contributed by atoms with Crippen LogP contribution < -0.4 is 0 Å². The maximum atomic E-state index is 5.46. The quantitative estimate of drug-likeness (QED) is 0.685. The predicted molar refractivity (Wildman–Crippen MR) is 80.3 cm³/mol. The monoisotopic (exact) mass is 280 g/mol. The van der Waals surface area contributed by atoms with E-state index in [2.05, 4.69) is 30.3 Å². The van der Waals surface area contributed by atoms with Gasteiger partial charge in [-0.25, -0.2) is 0 Å². The van der Waals surface area contributed by atoms with Crippen LogP contribution in [0.4, 0.5) is 0 Å². The van der Waals surface area contributed by atoms with Crippen molar-refractivity contribution in [1.82, 2.24) is 0 Å². The lowest BCUT2D eigenvalue weighted by molar-refractivity contribution is 0.207. The van der Waals surface area contributed by atoms with E-state index in [4.69, 9.17) is 14.2 Å². The SMILES string of the molecule is C=CC1=C(C#CC2=C(C#CC3=CCOC3)COC2)COC1. The molecule has 3 aliphatic heterocycles. The summed E-state index contributed by atoms with van der Waals surface area (Å²) in [6, 6.07) is 0. The van der Waals surface area contributed by atoms with Crippen LogP contribution in [0.3, 0.4) is 0 Å². The van der Waals surface area contributed by atoms with E-state index in [1.54, 1.807) is 0 Å². The van der Waals surface area contributed by atoms with Crippen molar-refractivity contribution >= 4 is 0 Å². The molecule has 3 nitrogen and oxygen atoms in total. The van der Waals surface area contributed by atoms with Gasteiger partial charge in [-0.15, -0.1) is 0 Å². The van der Waals surface area contributed by atoms with E-state index in [-0.39, 0.29) is 0 Å². The fraction of sp³-hybridized carbons (Fsp3) is 0.333. The van der Waals surface area contributed by atoms with E-state index in [9.17, 15) is 0 Å². The van der Waals surface area contributed by atoms with Crippen LogP contribution in [0.25, 0.3) is 0 Å². The lowest BCUT2D eigenvalue weighted by atomic mass is 10.1. The summed E-state index contributed by atoms with van der Waals surface area (Å²) in [4.78, 5) is 0. The highest BCUT2D eigenvalue weighted by Crippen LogP contribution is 2.16. The molecule has 0 aromatic heterocycles. The molecule has 0 aromatic rings. The van der Waals surface area contributed by atoms with E-state index in [0.29, 0.717) is 39.6 Å². The molecule has 0 unspecified atom stereocenters. The fourth-order valence-electron chi connectivity index (χ4n) is 2.17. The smallest absolute Gasteiger partial charge is 0.0810 e. The number of rotatable bonds is 1. The van der Waals surface area contributed by atoms with Crippen LogP contribution in [0, 0.1) is 23.7 Å². The Hall–Kier alpha value is -2.04. The molecule has 0 saturated carbocycles. The van der Waals surface area contributed by atoms with Gasteiger partial charge >= 0.3 is 0 Å². The molecule has 106 valence electrons. The lowest BCUT2D eigenvalue weighted by Crippen LogP contribution is -1.88. The Labute approximate surface area is 125 Å². The normalized spacial score (nSPS) is 20.9. The van der Waals surface area contributed by atoms with Crippen molar-refractivity contribution in [3.05, 3.63) is 46.6 Å². The highest BCUT2D eigenvalue weighted by atomic mass is 16.5. The minimum Gasteiger partial charge on any atom is -0.372 e. The van der Waals surface area contributed by atoms with Gasteiger partial charge in [0.1, 0.15) is 0 Å². The largest absolute Gasteiger partial charge is 0.372 e. The zero-order valence-corrected chi connectivity index (χ0v) is 11.8. The number of ether oxygens (including phenoxy) is 3. The van der Waals surface area contributed by atoms with Gasteiger partial charge in [-0.05, 0) is 11.6 Å². The summed E-state index contributed by atoms with van der Waals surface area (Å²) in [6.07, 6.45) is 3.82. The second kappa shape index (κ2) is 6.61. The average molecular weight is 280 g/mol. The molecule has 0 atom stereocenters.